The van der Waals surface area contributed by atoms with Gasteiger partial charge in [-0.15, -0.1) is 0 Å². The fourth-order valence-corrected chi connectivity index (χ4v) is 4.50. The summed E-state index contributed by atoms with van der Waals surface area (Å²) in [7, 11) is 0. The van der Waals surface area contributed by atoms with Crippen LogP contribution >= 0.6 is 0 Å². The van der Waals surface area contributed by atoms with Crippen LogP contribution in [0.1, 0.15) is 41.9 Å². The molecule has 1 aliphatic heterocycles. The van der Waals surface area contributed by atoms with Crippen molar-refractivity contribution in [2.75, 3.05) is 31.6 Å². The largest absolute Gasteiger partial charge is 0.448 e. The van der Waals surface area contributed by atoms with E-state index in [0.717, 1.165) is 11.1 Å². The number of anilines is 1. The Hall–Kier alpha value is -3.22. The number of nitrogens with zero attached hydrogens (tertiary/aromatic N) is 1. The lowest BCUT2D eigenvalue weighted by molar-refractivity contribution is -0.124. The first kappa shape index (κ1) is 28.8. The van der Waals surface area contributed by atoms with Gasteiger partial charge in [0.2, 0.25) is 5.91 Å². The summed E-state index contributed by atoms with van der Waals surface area (Å²) in [6.07, 6.45) is 1.60. The van der Waals surface area contributed by atoms with Gasteiger partial charge >= 0.3 is 12.3 Å². The Bertz CT molecular complexity index is 1120. The number of aromatic nitrogens is 1. The van der Waals surface area contributed by atoms with E-state index >= 15 is 0 Å². The monoisotopic (exact) mass is 549 g/mol. The van der Waals surface area contributed by atoms with Crippen LogP contribution in [0.25, 0.3) is 0 Å². The number of hydrogen-bond acceptors (Lipinski definition) is 7. The van der Waals surface area contributed by atoms with Gasteiger partial charge in [0, 0.05) is 12.7 Å². The molecule has 5 N–H and O–H groups in total. The summed E-state index contributed by atoms with van der Waals surface area (Å²) < 4.78 is 47.1. The van der Waals surface area contributed by atoms with Gasteiger partial charge in [-0.1, -0.05) is 24.3 Å². The highest BCUT2D eigenvalue weighted by Crippen LogP contribution is 2.41. The standard InChI is InChI=1S/C27H34F3N5O4/c28-27(29,30)16-34-26(37)39-15-20-14-38-21(12-33-20)8-7-18-9-10-32-13-24(18)35-25(36)23(31)11-19-3-1-2-4-22(19)17-5-6-17/h1-4,9-10,13,17,20-21,23,33H,5-8,11-12,14-16,31H2,(H,34,37)(H,35,36)/t20-,21+,23-/m0/s1. The highest BCUT2D eigenvalue weighted by atomic mass is 19.4. The van der Waals surface area contributed by atoms with E-state index < -0.39 is 24.9 Å². The minimum Gasteiger partial charge on any atom is -0.448 e. The summed E-state index contributed by atoms with van der Waals surface area (Å²) in [5.74, 6) is 0.302. The second-order valence-corrected chi connectivity index (χ2v) is 9.97. The second kappa shape index (κ2) is 13.2. The molecule has 0 unspecified atom stereocenters. The number of amides is 2. The molecule has 12 heteroatoms. The number of aryl methyl sites for hydroxylation is 1. The Morgan fingerprint density at radius 1 is 1.21 bits per heavy atom. The average molecular weight is 550 g/mol. The zero-order chi connectivity index (χ0) is 27.8. The lowest BCUT2D eigenvalue weighted by Gasteiger charge is -2.30. The van der Waals surface area contributed by atoms with Gasteiger partial charge in [-0.05, 0) is 60.8 Å². The first-order valence-corrected chi connectivity index (χ1v) is 13.1. The molecule has 2 aliphatic rings. The second-order valence-electron chi connectivity index (χ2n) is 9.97. The summed E-state index contributed by atoms with van der Waals surface area (Å²) >= 11 is 0. The van der Waals surface area contributed by atoms with E-state index in [1.54, 1.807) is 17.7 Å². The van der Waals surface area contributed by atoms with E-state index in [0.29, 0.717) is 37.4 Å². The smallest absolute Gasteiger partial charge is 0.407 e. The van der Waals surface area contributed by atoms with Crippen molar-refractivity contribution in [3.05, 3.63) is 59.4 Å². The summed E-state index contributed by atoms with van der Waals surface area (Å²) in [5.41, 5.74) is 10.2. The number of alkyl halides is 3. The maximum Gasteiger partial charge on any atom is 0.407 e. The molecule has 4 rings (SSSR count). The molecule has 1 aromatic carbocycles. The Balaban J connectivity index is 1.20. The van der Waals surface area contributed by atoms with Crippen molar-refractivity contribution in [1.29, 1.82) is 0 Å². The molecule has 0 bridgehead atoms. The van der Waals surface area contributed by atoms with E-state index in [-0.39, 0.29) is 31.3 Å². The van der Waals surface area contributed by atoms with Gasteiger partial charge in [-0.2, -0.15) is 13.2 Å². The third-order valence-corrected chi connectivity index (χ3v) is 6.77. The van der Waals surface area contributed by atoms with Crippen LogP contribution in [0, 0.1) is 0 Å². The summed E-state index contributed by atoms with van der Waals surface area (Å²) in [4.78, 5) is 28.5. The number of nitrogens with one attached hydrogen (secondary N) is 3. The predicted molar refractivity (Wildman–Crippen MR) is 138 cm³/mol. The van der Waals surface area contributed by atoms with E-state index in [4.69, 9.17) is 15.2 Å². The number of benzene rings is 1. The van der Waals surface area contributed by atoms with Crippen LogP contribution in [0.3, 0.4) is 0 Å². The molecular weight excluding hydrogens is 515 g/mol. The highest BCUT2D eigenvalue weighted by molar-refractivity contribution is 5.95. The van der Waals surface area contributed by atoms with Gasteiger partial charge in [-0.25, -0.2) is 4.79 Å². The zero-order valence-electron chi connectivity index (χ0n) is 21.5. The van der Waals surface area contributed by atoms with Gasteiger partial charge < -0.3 is 31.2 Å². The lowest BCUT2D eigenvalue weighted by Crippen LogP contribution is -2.49. The molecular formula is C27H34F3N5O4. The normalized spacial score (nSPS) is 20.2. The SMILES string of the molecule is N[C@@H](Cc1ccccc1C1CC1)C(=O)Nc1cnccc1CC[C@@H]1CN[C@H](COC(=O)NCC(F)(F)F)CO1. The van der Waals surface area contributed by atoms with Crippen molar-refractivity contribution in [1.82, 2.24) is 15.6 Å². The highest BCUT2D eigenvalue weighted by Gasteiger charge is 2.29. The average Bonchev–Trinajstić information content (AvgIpc) is 3.76. The molecule has 212 valence electrons. The Kier molecular flexibility index (Phi) is 9.76. The summed E-state index contributed by atoms with van der Waals surface area (Å²) in [5, 5.41) is 7.77. The Morgan fingerprint density at radius 2 is 2.00 bits per heavy atom. The molecule has 9 nitrogen and oxygen atoms in total. The number of morpholine rings is 1. The molecule has 2 aromatic rings. The number of nitrogens with two attached hydrogens (primary N) is 1. The number of carbonyl (C=O) groups excluding carboxylic acids is 2. The lowest BCUT2D eigenvalue weighted by atomic mass is 9.97. The molecule has 2 heterocycles. The van der Waals surface area contributed by atoms with Crippen LogP contribution in [0.4, 0.5) is 23.7 Å². The minimum absolute atomic E-state index is 0.109. The number of rotatable bonds is 11. The maximum atomic E-state index is 12.9. The van der Waals surface area contributed by atoms with E-state index in [1.165, 1.54) is 18.4 Å². The molecule has 1 saturated heterocycles. The van der Waals surface area contributed by atoms with Crippen LogP contribution in [-0.2, 0) is 27.1 Å². The van der Waals surface area contributed by atoms with Gasteiger partial charge in [0.15, 0.2) is 0 Å². The summed E-state index contributed by atoms with van der Waals surface area (Å²) in [6, 6.07) is 8.97. The van der Waals surface area contributed by atoms with Gasteiger partial charge in [0.1, 0.15) is 13.2 Å². The van der Waals surface area contributed by atoms with Crippen molar-refractivity contribution in [2.24, 2.45) is 5.73 Å². The van der Waals surface area contributed by atoms with E-state index in [2.05, 4.69) is 21.7 Å². The first-order valence-electron chi connectivity index (χ1n) is 13.1. The van der Waals surface area contributed by atoms with Crippen molar-refractivity contribution >= 4 is 17.7 Å². The Labute approximate surface area is 225 Å². The van der Waals surface area contributed by atoms with Crippen molar-refractivity contribution in [3.63, 3.8) is 0 Å². The molecule has 0 spiro atoms. The number of pyridine rings is 1. The van der Waals surface area contributed by atoms with Crippen molar-refractivity contribution < 1.29 is 32.2 Å². The van der Waals surface area contributed by atoms with E-state index in [1.807, 2.05) is 24.3 Å². The van der Waals surface area contributed by atoms with Crippen LogP contribution in [0.15, 0.2) is 42.7 Å². The molecule has 3 atom stereocenters. The van der Waals surface area contributed by atoms with Gasteiger partial charge in [0.25, 0.3) is 0 Å². The Morgan fingerprint density at radius 3 is 2.72 bits per heavy atom. The number of halogens is 3. The van der Waals surface area contributed by atoms with Crippen LogP contribution < -0.4 is 21.7 Å². The minimum atomic E-state index is -4.50. The third-order valence-electron chi connectivity index (χ3n) is 6.77. The molecule has 1 aromatic heterocycles. The summed E-state index contributed by atoms with van der Waals surface area (Å²) in [6.45, 7) is -0.826. The maximum absolute atomic E-state index is 12.9. The van der Waals surface area contributed by atoms with Crippen LogP contribution in [-0.4, -0.2) is 67.7 Å². The van der Waals surface area contributed by atoms with E-state index in [9.17, 15) is 22.8 Å². The fourth-order valence-electron chi connectivity index (χ4n) is 4.50. The number of carbonyl (C=O) groups is 2. The quantitative estimate of drug-likeness (QED) is 0.339. The molecule has 2 fully saturated rings. The number of ether oxygens (including phenoxy) is 2. The zero-order valence-corrected chi connectivity index (χ0v) is 21.5. The fraction of sp³-hybridized carbons (Fsp3) is 0.519. The predicted octanol–water partition coefficient (Wildman–Crippen LogP) is 3.05. The van der Waals surface area contributed by atoms with Gasteiger partial charge in [-0.3, -0.25) is 9.78 Å². The number of hydrogen-bond donors (Lipinski definition) is 4. The molecule has 1 aliphatic carbocycles. The molecule has 2 amide bonds. The molecule has 1 saturated carbocycles. The van der Waals surface area contributed by atoms with Crippen molar-refractivity contribution in [2.45, 2.75) is 62.4 Å². The third kappa shape index (κ3) is 9.19. The van der Waals surface area contributed by atoms with Crippen LogP contribution in [0.5, 0.6) is 0 Å². The number of alkyl carbamates (subject to hydrolysis) is 1. The molecule has 39 heavy (non-hydrogen) atoms. The molecule has 0 radical (unpaired) electrons. The van der Waals surface area contributed by atoms with Gasteiger partial charge in [0.05, 0.1) is 36.7 Å². The van der Waals surface area contributed by atoms with Crippen LogP contribution in [0.2, 0.25) is 0 Å². The first-order chi connectivity index (χ1) is 18.7. The topological polar surface area (TPSA) is 128 Å². The van der Waals surface area contributed by atoms with Crippen molar-refractivity contribution in [3.8, 4) is 0 Å².